The molecule has 0 fully saturated rings. The predicted octanol–water partition coefficient (Wildman–Crippen LogP) is 2.96. The molecule has 1 rings (SSSR count). The van der Waals surface area contributed by atoms with Crippen molar-refractivity contribution in [3.63, 3.8) is 0 Å². The number of amides is 1. The highest BCUT2D eigenvalue weighted by Crippen LogP contribution is 2.20. The molecule has 0 saturated heterocycles. The molecule has 4 heteroatoms. The summed E-state index contributed by atoms with van der Waals surface area (Å²) in [7, 11) is 0. The van der Waals surface area contributed by atoms with Crippen molar-refractivity contribution in [3.8, 4) is 11.8 Å². The highest BCUT2D eigenvalue weighted by molar-refractivity contribution is 7.12. The standard InChI is InChI=1S/C16H24N2OS/c1-4-13(5-2)12-18(6-3)16(19)15-14(8-7-10-17)9-11-20-15/h9,11,13H,4-6,10,12,17H2,1-3H3. The van der Waals surface area contributed by atoms with E-state index in [1.807, 2.05) is 23.3 Å². The monoisotopic (exact) mass is 292 g/mol. The van der Waals surface area contributed by atoms with Crippen LogP contribution in [0.5, 0.6) is 0 Å². The van der Waals surface area contributed by atoms with E-state index < -0.39 is 0 Å². The zero-order valence-corrected chi connectivity index (χ0v) is 13.4. The Bertz CT molecular complexity index is 480. The molecule has 0 bridgehead atoms. The van der Waals surface area contributed by atoms with Gasteiger partial charge in [-0.25, -0.2) is 0 Å². The van der Waals surface area contributed by atoms with Gasteiger partial charge in [0.1, 0.15) is 4.88 Å². The van der Waals surface area contributed by atoms with Crippen molar-refractivity contribution in [1.82, 2.24) is 4.90 Å². The van der Waals surface area contributed by atoms with Crippen LogP contribution in [0.2, 0.25) is 0 Å². The fourth-order valence-electron chi connectivity index (χ4n) is 2.08. The van der Waals surface area contributed by atoms with Crippen molar-refractivity contribution in [3.05, 3.63) is 21.9 Å². The first-order valence-corrected chi connectivity index (χ1v) is 8.11. The third-order valence-electron chi connectivity index (χ3n) is 3.49. The Morgan fingerprint density at radius 2 is 2.10 bits per heavy atom. The quantitative estimate of drug-likeness (QED) is 0.819. The summed E-state index contributed by atoms with van der Waals surface area (Å²) in [6, 6.07) is 1.89. The van der Waals surface area contributed by atoms with E-state index in [0.29, 0.717) is 12.5 Å². The summed E-state index contributed by atoms with van der Waals surface area (Å²) in [6.45, 7) is 8.25. The normalized spacial score (nSPS) is 10.2. The molecular weight excluding hydrogens is 268 g/mol. The Balaban J connectivity index is 2.88. The van der Waals surface area contributed by atoms with E-state index in [9.17, 15) is 4.79 Å². The minimum Gasteiger partial charge on any atom is -0.338 e. The SMILES string of the molecule is CCC(CC)CN(CC)C(=O)c1sccc1C#CCN. The molecule has 0 unspecified atom stereocenters. The summed E-state index contributed by atoms with van der Waals surface area (Å²) in [5.74, 6) is 6.46. The minimum absolute atomic E-state index is 0.0933. The van der Waals surface area contributed by atoms with E-state index in [-0.39, 0.29) is 5.91 Å². The van der Waals surface area contributed by atoms with Crippen LogP contribution in [-0.2, 0) is 0 Å². The maximum absolute atomic E-state index is 12.6. The lowest BCUT2D eigenvalue weighted by Crippen LogP contribution is -2.35. The van der Waals surface area contributed by atoms with Gasteiger partial charge in [-0.1, -0.05) is 38.5 Å². The zero-order valence-electron chi connectivity index (χ0n) is 12.6. The number of nitrogens with zero attached hydrogens (tertiary/aromatic N) is 1. The van der Waals surface area contributed by atoms with Crippen molar-refractivity contribution in [1.29, 1.82) is 0 Å². The van der Waals surface area contributed by atoms with Crippen molar-refractivity contribution in [2.24, 2.45) is 11.7 Å². The maximum atomic E-state index is 12.6. The number of hydrogen-bond acceptors (Lipinski definition) is 3. The summed E-state index contributed by atoms with van der Waals surface area (Å²) in [6.07, 6.45) is 2.20. The molecular formula is C16H24N2OS. The van der Waals surface area contributed by atoms with Gasteiger partial charge in [-0.05, 0) is 24.3 Å². The second-order valence-electron chi connectivity index (χ2n) is 4.70. The van der Waals surface area contributed by atoms with Crippen LogP contribution in [0.1, 0.15) is 48.8 Å². The molecule has 1 amide bonds. The number of hydrogen-bond donors (Lipinski definition) is 1. The molecule has 1 aromatic heterocycles. The van der Waals surface area contributed by atoms with Crippen LogP contribution in [-0.4, -0.2) is 30.4 Å². The molecule has 0 spiro atoms. The molecule has 2 N–H and O–H groups in total. The lowest BCUT2D eigenvalue weighted by Gasteiger charge is -2.25. The number of thiophene rings is 1. The summed E-state index contributed by atoms with van der Waals surface area (Å²) >= 11 is 1.46. The highest BCUT2D eigenvalue weighted by atomic mass is 32.1. The number of carbonyl (C=O) groups is 1. The second-order valence-corrected chi connectivity index (χ2v) is 5.61. The van der Waals surface area contributed by atoms with Crippen LogP contribution < -0.4 is 5.73 Å². The first-order valence-electron chi connectivity index (χ1n) is 7.23. The van der Waals surface area contributed by atoms with Gasteiger partial charge in [0.15, 0.2) is 0 Å². The van der Waals surface area contributed by atoms with Crippen LogP contribution in [0.15, 0.2) is 11.4 Å². The van der Waals surface area contributed by atoms with Crippen molar-refractivity contribution in [2.45, 2.75) is 33.6 Å². The minimum atomic E-state index is 0.0933. The van der Waals surface area contributed by atoms with Gasteiger partial charge in [-0.15, -0.1) is 11.3 Å². The van der Waals surface area contributed by atoms with E-state index in [4.69, 9.17) is 5.73 Å². The highest BCUT2D eigenvalue weighted by Gasteiger charge is 2.20. The van der Waals surface area contributed by atoms with E-state index >= 15 is 0 Å². The molecule has 0 atom stereocenters. The molecule has 0 radical (unpaired) electrons. The molecule has 0 aliphatic rings. The average molecular weight is 292 g/mol. The number of nitrogens with two attached hydrogens (primary N) is 1. The summed E-state index contributed by atoms with van der Waals surface area (Å²) < 4.78 is 0. The Hall–Kier alpha value is -1.31. The lowest BCUT2D eigenvalue weighted by molar-refractivity contribution is 0.0739. The van der Waals surface area contributed by atoms with Gasteiger partial charge in [0.05, 0.1) is 6.54 Å². The van der Waals surface area contributed by atoms with Gasteiger partial charge in [-0.2, -0.15) is 0 Å². The van der Waals surface area contributed by atoms with E-state index in [2.05, 4.69) is 25.7 Å². The van der Waals surface area contributed by atoms with Crippen LogP contribution in [0.25, 0.3) is 0 Å². The largest absolute Gasteiger partial charge is 0.338 e. The van der Waals surface area contributed by atoms with Gasteiger partial charge in [0, 0.05) is 18.7 Å². The molecule has 0 aromatic carbocycles. The maximum Gasteiger partial charge on any atom is 0.265 e. The summed E-state index contributed by atoms with van der Waals surface area (Å²) in [5.41, 5.74) is 6.19. The molecule has 0 aliphatic heterocycles. The van der Waals surface area contributed by atoms with Gasteiger partial charge in [0.25, 0.3) is 5.91 Å². The second kappa shape index (κ2) is 8.78. The lowest BCUT2D eigenvalue weighted by atomic mass is 10.0. The van der Waals surface area contributed by atoms with Gasteiger partial charge < -0.3 is 10.6 Å². The molecule has 3 nitrogen and oxygen atoms in total. The zero-order chi connectivity index (χ0) is 15.0. The fourth-order valence-corrected chi connectivity index (χ4v) is 2.89. The van der Waals surface area contributed by atoms with E-state index in [0.717, 1.165) is 36.4 Å². The molecule has 0 saturated carbocycles. The number of carbonyl (C=O) groups excluding carboxylic acids is 1. The topological polar surface area (TPSA) is 46.3 Å². The van der Waals surface area contributed by atoms with Crippen molar-refractivity contribution >= 4 is 17.2 Å². The Labute approximate surface area is 126 Å². The molecule has 20 heavy (non-hydrogen) atoms. The summed E-state index contributed by atoms with van der Waals surface area (Å²) in [5, 5.41) is 1.92. The van der Waals surface area contributed by atoms with Gasteiger partial charge in [0.2, 0.25) is 0 Å². The molecule has 0 aliphatic carbocycles. The van der Waals surface area contributed by atoms with Crippen LogP contribution >= 0.6 is 11.3 Å². The summed E-state index contributed by atoms with van der Waals surface area (Å²) in [4.78, 5) is 15.3. The van der Waals surface area contributed by atoms with Crippen LogP contribution in [0, 0.1) is 17.8 Å². The number of rotatable bonds is 6. The average Bonchev–Trinajstić information content (AvgIpc) is 2.94. The first kappa shape index (κ1) is 16.7. The third-order valence-corrected chi connectivity index (χ3v) is 4.39. The molecule has 110 valence electrons. The van der Waals surface area contributed by atoms with E-state index in [1.165, 1.54) is 11.3 Å². The predicted molar refractivity (Wildman–Crippen MR) is 85.9 cm³/mol. The molecule has 1 heterocycles. The van der Waals surface area contributed by atoms with Gasteiger partial charge >= 0.3 is 0 Å². The van der Waals surface area contributed by atoms with E-state index in [1.54, 1.807) is 0 Å². The fraction of sp³-hybridized carbons (Fsp3) is 0.562. The van der Waals surface area contributed by atoms with Crippen molar-refractivity contribution in [2.75, 3.05) is 19.6 Å². The Morgan fingerprint density at radius 1 is 1.40 bits per heavy atom. The Morgan fingerprint density at radius 3 is 2.65 bits per heavy atom. The molecule has 1 aromatic rings. The smallest absolute Gasteiger partial charge is 0.265 e. The van der Waals surface area contributed by atoms with Crippen molar-refractivity contribution < 1.29 is 4.79 Å². The van der Waals surface area contributed by atoms with Crippen LogP contribution in [0.3, 0.4) is 0 Å². The third kappa shape index (κ3) is 4.36. The van der Waals surface area contributed by atoms with Gasteiger partial charge in [-0.3, -0.25) is 4.79 Å². The Kier molecular flexibility index (Phi) is 7.35. The first-order chi connectivity index (χ1) is 9.67. The van der Waals surface area contributed by atoms with Crippen LogP contribution in [0.4, 0.5) is 0 Å².